The van der Waals surface area contributed by atoms with Crippen LogP contribution in [0.5, 0.6) is 0 Å². The third-order valence-electron chi connectivity index (χ3n) is 13.9. The van der Waals surface area contributed by atoms with E-state index in [9.17, 15) is 0 Å². The van der Waals surface area contributed by atoms with Crippen molar-refractivity contribution in [1.82, 2.24) is 67.2 Å². The molecule has 8 aromatic rings. The lowest BCUT2D eigenvalue weighted by Crippen LogP contribution is -2.31. The number of thioether (sulfide) groups is 1. The van der Waals surface area contributed by atoms with Crippen LogP contribution in [0.1, 0.15) is 61.5 Å². The minimum absolute atomic E-state index is 0.792. The van der Waals surface area contributed by atoms with Crippen LogP contribution in [0, 0.1) is 0 Å². The molecular weight excluding hydrogens is 1160 g/mol. The molecule has 0 amide bonds. The average Bonchev–Trinajstić information content (AvgIpc) is 4.07. The number of anilines is 2. The predicted octanol–water partition coefficient (Wildman–Crippen LogP) is 11.1. The molecule has 0 bridgehead atoms. The van der Waals surface area contributed by atoms with Crippen LogP contribution in [-0.4, -0.2) is 35.5 Å². The van der Waals surface area contributed by atoms with Crippen molar-refractivity contribution in [3.8, 4) is 0 Å². The molecule has 0 unspecified atom stereocenters. The Morgan fingerprint density at radius 3 is 1.87 bits per heavy atom. The van der Waals surface area contributed by atoms with Gasteiger partial charge in [0.25, 0.3) is 0 Å². The first-order valence-corrected chi connectivity index (χ1v) is 29.8. The third-order valence-corrected chi connectivity index (χ3v) is 14.5. The Hall–Kier alpha value is -12.3. The fourth-order valence-corrected chi connectivity index (χ4v) is 9.65. The molecule has 0 saturated heterocycles. The molecule has 2 aromatic carbocycles. The van der Waals surface area contributed by atoms with E-state index in [1.165, 1.54) is 39.7 Å². The maximum Gasteiger partial charge on any atom is 0.0930 e. The first kappa shape index (κ1) is 64.1. The van der Waals surface area contributed by atoms with Crippen LogP contribution in [0.25, 0.3) is 77.7 Å². The summed E-state index contributed by atoms with van der Waals surface area (Å²) in [6, 6.07) is 32.3. The van der Waals surface area contributed by atoms with Gasteiger partial charge in [0, 0.05) is 201 Å². The molecule has 0 spiro atoms. The average molecular weight is 1230 g/mol. The highest BCUT2D eigenvalue weighted by atomic mass is 32.2. The molecule has 0 atom stereocenters. The number of aromatic nitrogens is 6. The van der Waals surface area contributed by atoms with E-state index in [0.717, 1.165) is 124 Å². The number of nitrogens with zero attached hydrogens (tertiary/aromatic N) is 7. The Morgan fingerprint density at radius 1 is 0.457 bits per heavy atom. The molecule has 0 saturated carbocycles. The summed E-state index contributed by atoms with van der Waals surface area (Å²) in [6.07, 6.45) is 42.3. The monoisotopic (exact) mass is 1230 g/mol. The highest BCUT2D eigenvalue weighted by Crippen LogP contribution is 2.26. The van der Waals surface area contributed by atoms with E-state index in [1.54, 1.807) is 36.5 Å². The number of fused-ring (bicyclic) bond motifs is 8. The number of allylic oxidation sites excluding steroid dienone is 3. The summed E-state index contributed by atoms with van der Waals surface area (Å²) >= 11 is 1.50. The molecule has 0 fully saturated rings. The molecule has 92 heavy (non-hydrogen) atoms. The zero-order valence-corrected chi connectivity index (χ0v) is 51.7. The molecule has 6 aromatic heterocycles. The van der Waals surface area contributed by atoms with Crippen molar-refractivity contribution in [2.24, 2.45) is 5.10 Å². The Morgan fingerprint density at radius 2 is 1.13 bits per heavy atom. The zero-order valence-electron chi connectivity index (χ0n) is 50.8. The van der Waals surface area contributed by atoms with E-state index in [2.05, 4.69) is 179 Å². The largest absolute Gasteiger partial charge is 0.381 e. The van der Waals surface area contributed by atoms with Crippen molar-refractivity contribution in [2.75, 3.05) is 10.6 Å². The van der Waals surface area contributed by atoms with Crippen LogP contribution in [0.15, 0.2) is 264 Å². The van der Waals surface area contributed by atoms with Crippen molar-refractivity contribution in [3.63, 3.8) is 0 Å². The lowest BCUT2D eigenvalue weighted by molar-refractivity contribution is 0.946. The Balaban J connectivity index is 0.000000123. The lowest BCUT2D eigenvalue weighted by Gasteiger charge is -2.12. The van der Waals surface area contributed by atoms with Crippen LogP contribution in [0.2, 0.25) is 0 Å². The summed E-state index contributed by atoms with van der Waals surface area (Å²) in [5.41, 5.74) is 25.9. The van der Waals surface area contributed by atoms with Gasteiger partial charge in [0.15, 0.2) is 0 Å². The van der Waals surface area contributed by atoms with Gasteiger partial charge in [0.2, 0.25) is 0 Å². The Bertz CT molecular complexity index is 4260. The summed E-state index contributed by atoms with van der Waals surface area (Å²) in [5, 5.41) is 33.4. The van der Waals surface area contributed by atoms with Gasteiger partial charge in [-0.2, -0.15) is 5.10 Å². The SMILES string of the molecule is C=C1C=c2cnccc2=CN1.C=C1Cc2ccccc2N1.C=C1NC=Cc2cccnc21.C=C1NC=Cc2ccncc21.C=C1NC=Cc2cnccc21.C=C1NC=Cc2ncccc21.C=C1NCc2ccccc21.C=C1NN=CS1.C=c1cc2c(cn1)=CC=CN2. The van der Waals surface area contributed by atoms with E-state index in [0.29, 0.717) is 0 Å². The number of benzene rings is 2. The number of pyridine rings is 6. The van der Waals surface area contributed by atoms with Gasteiger partial charge >= 0.3 is 0 Å². The minimum Gasteiger partial charge on any atom is -0.381 e. The lowest BCUT2D eigenvalue weighted by atomic mass is 10.1. The van der Waals surface area contributed by atoms with Gasteiger partial charge in [0.1, 0.15) is 0 Å². The zero-order chi connectivity index (χ0) is 64.4. The Kier molecular flexibility index (Phi) is 22.7. The molecule has 9 aliphatic rings. The third kappa shape index (κ3) is 18.4. The van der Waals surface area contributed by atoms with Crippen molar-refractivity contribution < 1.29 is 0 Å². The van der Waals surface area contributed by atoms with Gasteiger partial charge in [-0.15, -0.1) is 0 Å². The summed E-state index contributed by atoms with van der Waals surface area (Å²) in [5.74, 6) is 0. The highest BCUT2D eigenvalue weighted by Gasteiger charge is 2.13. The second-order valence-electron chi connectivity index (χ2n) is 20.5. The van der Waals surface area contributed by atoms with Gasteiger partial charge in [-0.3, -0.25) is 35.3 Å². The van der Waals surface area contributed by atoms with E-state index in [1.807, 2.05) is 165 Å². The molecule has 0 radical (unpaired) electrons. The first-order valence-electron chi connectivity index (χ1n) is 29.0. The van der Waals surface area contributed by atoms with Gasteiger partial charge in [-0.05, 0) is 108 Å². The minimum atomic E-state index is 0.792. The molecule has 16 nitrogen and oxygen atoms in total. The van der Waals surface area contributed by atoms with Crippen LogP contribution >= 0.6 is 11.8 Å². The fourth-order valence-electron chi connectivity index (χ4n) is 9.31. The van der Waals surface area contributed by atoms with Crippen molar-refractivity contribution in [1.29, 1.82) is 0 Å². The van der Waals surface area contributed by atoms with Crippen molar-refractivity contribution >= 4 is 106 Å². The van der Waals surface area contributed by atoms with Gasteiger partial charge in [-0.1, -0.05) is 120 Å². The first-order chi connectivity index (χ1) is 44.9. The maximum atomic E-state index is 4.19. The highest BCUT2D eigenvalue weighted by molar-refractivity contribution is 8.15. The van der Waals surface area contributed by atoms with Crippen molar-refractivity contribution in [2.45, 2.75) is 13.0 Å². The van der Waals surface area contributed by atoms with E-state index >= 15 is 0 Å². The second kappa shape index (κ2) is 32.6. The number of hydrazone groups is 1. The van der Waals surface area contributed by atoms with E-state index in [4.69, 9.17) is 0 Å². The van der Waals surface area contributed by atoms with Crippen molar-refractivity contribution in [3.05, 3.63) is 341 Å². The molecule has 17 rings (SSSR count). The number of rotatable bonds is 0. The molecule has 9 N–H and O–H groups in total. The predicted molar refractivity (Wildman–Crippen MR) is 386 cm³/mol. The summed E-state index contributed by atoms with van der Waals surface area (Å²) in [7, 11) is 0. The van der Waals surface area contributed by atoms with Crippen LogP contribution in [0.4, 0.5) is 11.4 Å². The molecule has 15 heterocycles. The van der Waals surface area contributed by atoms with Crippen LogP contribution < -0.4 is 69.0 Å². The Labute approximate surface area is 540 Å². The smallest absolute Gasteiger partial charge is 0.0930 e. The summed E-state index contributed by atoms with van der Waals surface area (Å²) in [4.78, 5) is 24.5. The normalized spacial score (nSPS) is 14.3. The quantitative estimate of drug-likeness (QED) is 0.0694. The number of hydrogen-bond acceptors (Lipinski definition) is 17. The second-order valence-corrected chi connectivity index (χ2v) is 21.4. The van der Waals surface area contributed by atoms with Gasteiger partial charge in [-0.25, -0.2) is 0 Å². The molecule has 17 heteroatoms. The van der Waals surface area contributed by atoms with Gasteiger partial charge in [0.05, 0.1) is 33.0 Å². The molecular formula is C75H70N16S. The maximum absolute atomic E-state index is 4.19. The summed E-state index contributed by atoms with van der Waals surface area (Å²) < 4.78 is 0. The van der Waals surface area contributed by atoms with Gasteiger partial charge < -0.3 is 42.5 Å². The van der Waals surface area contributed by atoms with E-state index in [-0.39, 0.29) is 0 Å². The van der Waals surface area contributed by atoms with Crippen LogP contribution in [-0.2, 0) is 13.0 Å². The number of nitrogens with one attached hydrogen (secondary N) is 9. The number of hydrogen-bond donors (Lipinski definition) is 9. The molecule has 9 aliphatic heterocycles. The number of para-hydroxylation sites is 1. The topological polar surface area (TPSA) is 198 Å². The standard InChI is InChI=1S/6C9H8N2.2C9H9N.C3H4N2S/c1-7-9-3-4-10-6-8(9)2-5-11-7;1-7-9-6-10-4-2-8(9)3-5-11-7;1-7-4-9-5-10-3-2-8(9)6-11-7;1-7-8-3-2-5-11-9(8)4-6-10-7;1-7-9-8(4-6-10-7)3-2-5-11-9;1-7-5-9-8(6-11-7)3-2-4-10-9;1-7-9-5-3-2-4-8(9)6-10-7;1-7-6-8-4-2-3-5-9(8)10-7;1-3-5-4-2-6-3/h3*2-6,11H,1H2;3*2-6,10H,1H2;2*2-5,10H,1,6H2;2,5H,1H2. The van der Waals surface area contributed by atoms with E-state index < -0.39 is 0 Å². The van der Waals surface area contributed by atoms with Crippen LogP contribution in [0.3, 0.4) is 0 Å². The molecule has 456 valence electrons. The summed E-state index contributed by atoms with van der Waals surface area (Å²) in [6.45, 7) is 35.2. The fraction of sp³-hybridized carbons (Fsp3) is 0.0267. The molecule has 0 aliphatic carbocycles.